The van der Waals surface area contributed by atoms with Gasteiger partial charge in [0.25, 0.3) is 5.91 Å². The van der Waals surface area contributed by atoms with Gasteiger partial charge in [0.05, 0.1) is 11.1 Å². The SMILES string of the molecule is CN(C)CCNC(=O)c1cnc2cc(F)ccc2c1. The van der Waals surface area contributed by atoms with Gasteiger partial charge in [-0.05, 0) is 32.3 Å². The average molecular weight is 261 g/mol. The summed E-state index contributed by atoms with van der Waals surface area (Å²) >= 11 is 0. The van der Waals surface area contributed by atoms with Gasteiger partial charge in [0.15, 0.2) is 0 Å². The van der Waals surface area contributed by atoms with Crippen molar-refractivity contribution in [2.75, 3.05) is 27.2 Å². The van der Waals surface area contributed by atoms with Crippen LogP contribution in [0.1, 0.15) is 10.4 Å². The molecule has 1 N–H and O–H groups in total. The fraction of sp³-hybridized carbons (Fsp3) is 0.286. The Morgan fingerprint density at radius 2 is 2.16 bits per heavy atom. The number of halogens is 1. The molecule has 19 heavy (non-hydrogen) atoms. The zero-order chi connectivity index (χ0) is 13.8. The minimum atomic E-state index is -0.330. The fourth-order valence-electron chi connectivity index (χ4n) is 1.71. The maximum Gasteiger partial charge on any atom is 0.252 e. The zero-order valence-electron chi connectivity index (χ0n) is 11.0. The number of rotatable bonds is 4. The van der Waals surface area contributed by atoms with Crippen LogP contribution in [-0.2, 0) is 0 Å². The van der Waals surface area contributed by atoms with E-state index in [0.717, 1.165) is 11.9 Å². The minimum Gasteiger partial charge on any atom is -0.351 e. The van der Waals surface area contributed by atoms with E-state index >= 15 is 0 Å². The van der Waals surface area contributed by atoms with Crippen molar-refractivity contribution >= 4 is 16.8 Å². The molecule has 0 saturated heterocycles. The molecule has 0 bridgehead atoms. The Kier molecular flexibility index (Phi) is 4.06. The largest absolute Gasteiger partial charge is 0.351 e. The summed E-state index contributed by atoms with van der Waals surface area (Å²) in [5.41, 5.74) is 1.03. The first-order valence-corrected chi connectivity index (χ1v) is 6.04. The number of amides is 1. The highest BCUT2D eigenvalue weighted by Gasteiger charge is 2.07. The van der Waals surface area contributed by atoms with Crippen molar-refractivity contribution in [2.45, 2.75) is 0 Å². The lowest BCUT2D eigenvalue weighted by Gasteiger charge is -2.10. The highest BCUT2D eigenvalue weighted by Crippen LogP contribution is 2.14. The second-order valence-electron chi connectivity index (χ2n) is 4.62. The van der Waals surface area contributed by atoms with Gasteiger partial charge in [0, 0.05) is 30.7 Å². The summed E-state index contributed by atoms with van der Waals surface area (Å²) in [6.07, 6.45) is 1.47. The number of carbonyl (C=O) groups excluding carboxylic acids is 1. The summed E-state index contributed by atoms with van der Waals surface area (Å²) in [5.74, 6) is -0.497. The predicted octanol–water partition coefficient (Wildman–Crippen LogP) is 1.67. The van der Waals surface area contributed by atoms with Crippen molar-refractivity contribution in [2.24, 2.45) is 0 Å². The highest BCUT2D eigenvalue weighted by molar-refractivity contribution is 5.97. The lowest BCUT2D eigenvalue weighted by Crippen LogP contribution is -2.31. The number of fused-ring (bicyclic) bond motifs is 1. The molecule has 0 atom stereocenters. The van der Waals surface area contributed by atoms with Gasteiger partial charge in [0.1, 0.15) is 5.82 Å². The van der Waals surface area contributed by atoms with Gasteiger partial charge in [-0.15, -0.1) is 0 Å². The Morgan fingerprint density at radius 1 is 1.37 bits per heavy atom. The Morgan fingerprint density at radius 3 is 2.89 bits per heavy atom. The normalized spacial score (nSPS) is 10.9. The molecule has 0 aliphatic rings. The van der Waals surface area contributed by atoms with E-state index in [1.807, 2.05) is 19.0 Å². The van der Waals surface area contributed by atoms with E-state index in [1.54, 1.807) is 12.1 Å². The molecule has 5 heteroatoms. The molecule has 0 saturated carbocycles. The molecule has 0 radical (unpaired) electrons. The molecule has 1 heterocycles. The lowest BCUT2D eigenvalue weighted by molar-refractivity contribution is 0.0951. The van der Waals surface area contributed by atoms with Crippen LogP contribution in [0.15, 0.2) is 30.5 Å². The third kappa shape index (κ3) is 3.48. The van der Waals surface area contributed by atoms with Crippen molar-refractivity contribution in [1.29, 1.82) is 0 Å². The third-order valence-corrected chi connectivity index (χ3v) is 2.75. The number of pyridine rings is 1. The number of nitrogens with zero attached hydrogens (tertiary/aromatic N) is 2. The van der Waals surface area contributed by atoms with Crippen molar-refractivity contribution in [1.82, 2.24) is 15.2 Å². The van der Waals surface area contributed by atoms with E-state index < -0.39 is 0 Å². The van der Waals surface area contributed by atoms with Gasteiger partial charge < -0.3 is 10.2 Å². The summed E-state index contributed by atoms with van der Waals surface area (Å²) in [6.45, 7) is 1.35. The molecule has 0 unspecified atom stereocenters. The standard InChI is InChI=1S/C14H16FN3O/c1-18(2)6-5-16-14(19)11-7-10-3-4-12(15)8-13(10)17-9-11/h3-4,7-9H,5-6H2,1-2H3,(H,16,19). The number of aromatic nitrogens is 1. The Balaban J connectivity index is 2.12. The first-order valence-electron chi connectivity index (χ1n) is 6.04. The molecule has 0 aliphatic heterocycles. The van der Waals surface area contributed by atoms with Crippen molar-refractivity contribution < 1.29 is 9.18 Å². The van der Waals surface area contributed by atoms with Crippen LogP contribution < -0.4 is 5.32 Å². The molecule has 2 aromatic rings. The first kappa shape index (κ1) is 13.4. The van der Waals surface area contributed by atoms with Gasteiger partial charge in [-0.2, -0.15) is 0 Å². The molecule has 1 aromatic heterocycles. The Hall–Kier alpha value is -2.01. The predicted molar refractivity (Wildman–Crippen MR) is 72.6 cm³/mol. The van der Waals surface area contributed by atoms with Crippen LogP contribution in [0, 0.1) is 5.82 Å². The molecule has 0 fully saturated rings. The maximum absolute atomic E-state index is 13.0. The molecule has 0 aliphatic carbocycles. The molecule has 4 nitrogen and oxygen atoms in total. The fourth-order valence-corrected chi connectivity index (χ4v) is 1.71. The maximum atomic E-state index is 13.0. The van der Waals surface area contributed by atoms with Crippen LogP contribution in [0.3, 0.4) is 0 Å². The van der Waals surface area contributed by atoms with E-state index in [9.17, 15) is 9.18 Å². The summed E-state index contributed by atoms with van der Waals surface area (Å²) in [6, 6.07) is 6.04. The number of hydrogen-bond donors (Lipinski definition) is 1. The quantitative estimate of drug-likeness (QED) is 0.910. The average Bonchev–Trinajstić information content (AvgIpc) is 2.37. The van der Waals surface area contributed by atoms with Gasteiger partial charge >= 0.3 is 0 Å². The molecule has 1 aromatic carbocycles. The van der Waals surface area contributed by atoms with Crippen LogP contribution in [-0.4, -0.2) is 43.0 Å². The van der Waals surface area contributed by atoms with Crippen LogP contribution >= 0.6 is 0 Å². The third-order valence-electron chi connectivity index (χ3n) is 2.75. The molecule has 100 valence electrons. The van der Waals surface area contributed by atoms with E-state index in [1.165, 1.54) is 18.3 Å². The van der Waals surface area contributed by atoms with Crippen molar-refractivity contribution in [3.8, 4) is 0 Å². The van der Waals surface area contributed by atoms with Gasteiger partial charge in [0.2, 0.25) is 0 Å². The first-order chi connectivity index (χ1) is 9.06. The number of benzene rings is 1. The summed E-state index contributed by atoms with van der Waals surface area (Å²) in [4.78, 5) is 18.0. The zero-order valence-corrected chi connectivity index (χ0v) is 11.0. The molecule has 1 amide bonds. The summed E-state index contributed by atoms with van der Waals surface area (Å²) in [5, 5.41) is 3.56. The number of hydrogen-bond acceptors (Lipinski definition) is 3. The highest BCUT2D eigenvalue weighted by atomic mass is 19.1. The smallest absolute Gasteiger partial charge is 0.252 e. The van der Waals surface area contributed by atoms with Gasteiger partial charge in [-0.3, -0.25) is 9.78 Å². The summed E-state index contributed by atoms with van der Waals surface area (Å²) in [7, 11) is 3.89. The van der Waals surface area contributed by atoms with Crippen LogP contribution in [0.4, 0.5) is 4.39 Å². The van der Waals surface area contributed by atoms with E-state index in [4.69, 9.17) is 0 Å². The van der Waals surface area contributed by atoms with Crippen molar-refractivity contribution in [3.63, 3.8) is 0 Å². The number of nitrogens with one attached hydrogen (secondary N) is 1. The van der Waals surface area contributed by atoms with Crippen molar-refractivity contribution in [3.05, 3.63) is 41.8 Å². The number of carbonyl (C=O) groups is 1. The van der Waals surface area contributed by atoms with E-state index in [-0.39, 0.29) is 11.7 Å². The molecular weight excluding hydrogens is 245 g/mol. The molecule has 0 spiro atoms. The Labute approximate surface area is 111 Å². The topological polar surface area (TPSA) is 45.2 Å². The lowest BCUT2D eigenvalue weighted by atomic mass is 10.1. The summed E-state index contributed by atoms with van der Waals surface area (Å²) < 4.78 is 13.0. The Bertz CT molecular complexity index is 598. The minimum absolute atomic E-state index is 0.166. The van der Waals surface area contributed by atoms with Gasteiger partial charge in [-0.25, -0.2) is 4.39 Å². The van der Waals surface area contributed by atoms with Crippen LogP contribution in [0.25, 0.3) is 10.9 Å². The van der Waals surface area contributed by atoms with E-state index in [2.05, 4.69) is 10.3 Å². The second-order valence-corrected chi connectivity index (χ2v) is 4.62. The molecular formula is C14H16FN3O. The monoisotopic (exact) mass is 261 g/mol. The molecule has 2 rings (SSSR count). The van der Waals surface area contributed by atoms with Gasteiger partial charge in [-0.1, -0.05) is 0 Å². The van der Waals surface area contributed by atoms with Crippen LogP contribution in [0.2, 0.25) is 0 Å². The second kappa shape index (κ2) is 5.75. The number of likely N-dealkylation sites (N-methyl/N-ethyl adjacent to an activating group) is 1. The van der Waals surface area contributed by atoms with Crippen LogP contribution in [0.5, 0.6) is 0 Å². The van der Waals surface area contributed by atoms with E-state index in [0.29, 0.717) is 17.6 Å².